The third kappa shape index (κ3) is 5.94. The highest BCUT2D eigenvalue weighted by Gasteiger charge is 2.20. The van der Waals surface area contributed by atoms with E-state index in [4.69, 9.17) is 9.47 Å². The number of ketones is 2. The summed E-state index contributed by atoms with van der Waals surface area (Å²) in [5.74, 6) is -2.51. The van der Waals surface area contributed by atoms with Crippen molar-refractivity contribution in [2.75, 3.05) is 33.9 Å². The Morgan fingerprint density at radius 2 is 1.69 bits per heavy atom. The van der Waals surface area contributed by atoms with E-state index in [1.807, 2.05) is 0 Å². The van der Waals surface area contributed by atoms with Crippen LogP contribution in [0.4, 0.5) is 0 Å². The van der Waals surface area contributed by atoms with Crippen molar-refractivity contribution in [3.05, 3.63) is 59.4 Å². The zero-order valence-corrected chi connectivity index (χ0v) is 16.1. The summed E-state index contributed by atoms with van der Waals surface area (Å²) in [6.07, 6.45) is 1.22. The second-order valence-corrected chi connectivity index (χ2v) is 5.82. The Hall–Kier alpha value is -3.59. The van der Waals surface area contributed by atoms with Gasteiger partial charge in [-0.1, -0.05) is 30.3 Å². The van der Waals surface area contributed by atoms with E-state index in [1.165, 1.54) is 38.6 Å². The molecule has 1 aromatic heterocycles. The van der Waals surface area contributed by atoms with Crippen LogP contribution in [0.5, 0.6) is 5.75 Å². The van der Waals surface area contributed by atoms with Gasteiger partial charge in [0.15, 0.2) is 11.4 Å². The molecule has 0 aliphatic heterocycles. The molecule has 0 bridgehead atoms. The van der Waals surface area contributed by atoms with Crippen molar-refractivity contribution in [2.24, 2.45) is 0 Å². The van der Waals surface area contributed by atoms with Crippen LogP contribution in [0.3, 0.4) is 0 Å². The molecular weight excluding hydrogens is 378 g/mol. The number of carbonyl (C=O) groups is 4. The van der Waals surface area contributed by atoms with Gasteiger partial charge in [0.2, 0.25) is 11.6 Å². The summed E-state index contributed by atoms with van der Waals surface area (Å²) in [5.41, 5.74) is 0.331. The molecule has 0 radical (unpaired) electrons. The molecule has 2 rings (SSSR count). The largest absolute Gasteiger partial charge is 0.494 e. The van der Waals surface area contributed by atoms with Gasteiger partial charge in [-0.2, -0.15) is 0 Å². The van der Waals surface area contributed by atoms with E-state index in [0.29, 0.717) is 13.2 Å². The number of nitrogens with zero attached hydrogens (tertiary/aromatic N) is 1. The van der Waals surface area contributed by atoms with E-state index in [2.05, 4.69) is 15.6 Å². The third-order valence-electron chi connectivity index (χ3n) is 3.84. The third-order valence-corrected chi connectivity index (χ3v) is 3.84. The smallest absolute Gasteiger partial charge is 0.274 e. The quantitative estimate of drug-likeness (QED) is 0.341. The molecule has 0 aliphatic carbocycles. The fourth-order valence-corrected chi connectivity index (χ4v) is 2.34. The van der Waals surface area contributed by atoms with Gasteiger partial charge in [0, 0.05) is 25.4 Å². The molecular formula is C20H21N3O6. The van der Waals surface area contributed by atoms with Gasteiger partial charge in [-0.25, -0.2) is 4.98 Å². The van der Waals surface area contributed by atoms with Crippen molar-refractivity contribution >= 4 is 23.4 Å². The van der Waals surface area contributed by atoms with Crippen molar-refractivity contribution < 1.29 is 28.7 Å². The maximum absolute atomic E-state index is 12.3. The van der Waals surface area contributed by atoms with Gasteiger partial charge in [0.1, 0.15) is 0 Å². The molecule has 0 fully saturated rings. The van der Waals surface area contributed by atoms with Crippen LogP contribution in [0.15, 0.2) is 42.6 Å². The molecule has 0 aliphatic rings. The first-order chi connectivity index (χ1) is 14.0. The Bertz CT molecular complexity index is 898. The number of aromatic nitrogens is 1. The number of carbonyl (C=O) groups excluding carboxylic acids is 4. The Labute approximate surface area is 167 Å². The predicted molar refractivity (Wildman–Crippen MR) is 103 cm³/mol. The SMILES string of the molecule is COCCNC(=O)c1cnc(C(=O)NCC(=O)C(=O)c2ccccc2)c(OC)c1. The van der Waals surface area contributed by atoms with Gasteiger partial charge in [-0.05, 0) is 6.07 Å². The van der Waals surface area contributed by atoms with Crippen LogP contribution in [-0.4, -0.2) is 62.3 Å². The van der Waals surface area contributed by atoms with Crippen molar-refractivity contribution in [1.82, 2.24) is 15.6 Å². The van der Waals surface area contributed by atoms with Gasteiger partial charge < -0.3 is 20.1 Å². The number of Topliss-reactive ketones (excluding diaryl/α,β-unsaturated/α-hetero) is 2. The number of benzene rings is 1. The van der Waals surface area contributed by atoms with Gasteiger partial charge >= 0.3 is 0 Å². The zero-order valence-electron chi connectivity index (χ0n) is 16.1. The van der Waals surface area contributed by atoms with Gasteiger partial charge in [-0.15, -0.1) is 0 Å². The van der Waals surface area contributed by atoms with E-state index >= 15 is 0 Å². The van der Waals surface area contributed by atoms with E-state index in [1.54, 1.807) is 18.2 Å². The monoisotopic (exact) mass is 399 g/mol. The number of pyridine rings is 1. The summed E-state index contributed by atoms with van der Waals surface area (Å²) in [6.45, 7) is 0.181. The maximum atomic E-state index is 12.3. The molecule has 9 nitrogen and oxygen atoms in total. The van der Waals surface area contributed by atoms with Crippen LogP contribution in [0.1, 0.15) is 31.2 Å². The molecule has 1 aromatic carbocycles. The van der Waals surface area contributed by atoms with Crippen molar-refractivity contribution in [1.29, 1.82) is 0 Å². The minimum absolute atomic E-state index is 0.0590. The number of nitrogens with one attached hydrogen (secondary N) is 2. The summed E-state index contributed by atoms with van der Waals surface area (Å²) >= 11 is 0. The molecule has 0 saturated heterocycles. The normalized spacial score (nSPS) is 10.1. The molecule has 29 heavy (non-hydrogen) atoms. The van der Waals surface area contributed by atoms with Crippen molar-refractivity contribution in [2.45, 2.75) is 0 Å². The predicted octanol–water partition coefficient (Wildman–Crippen LogP) is 0.648. The number of amides is 2. The highest BCUT2D eigenvalue weighted by atomic mass is 16.5. The standard InChI is InChI=1S/C20H21N3O6/c1-28-9-8-21-19(26)14-10-16(29-2)17(22-11-14)20(27)23-12-15(24)18(25)13-6-4-3-5-7-13/h3-7,10-11H,8-9,12H2,1-2H3,(H,21,26)(H,23,27). The summed E-state index contributed by atoms with van der Waals surface area (Å²) in [7, 11) is 2.84. The first-order valence-electron chi connectivity index (χ1n) is 8.69. The number of ether oxygens (including phenoxy) is 2. The minimum atomic E-state index is -0.766. The van der Waals surface area contributed by atoms with Crippen LogP contribution in [0.25, 0.3) is 0 Å². The average Bonchev–Trinajstić information content (AvgIpc) is 2.76. The lowest BCUT2D eigenvalue weighted by Crippen LogP contribution is -2.34. The van der Waals surface area contributed by atoms with E-state index in [0.717, 1.165) is 0 Å². The zero-order chi connectivity index (χ0) is 21.2. The molecule has 0 spiro atoms. The lowest BCUT2D eigenvalue weighted by atomic mass is 10.1. The van der Waals surface area contributed by atoms with Crippen LogP contribution in [-0.2, 0) is 9.53 Å². The van der Waals surface area contributed by atoms with Gasteiger partial charge in [-0.3, -0.25) is 19.2 Å². The molecule has 0 unspecified atom stereocenters. The topological polar surface area (TPSA) is 124 Å². The van der Waals surface area contributed by atoms with Crippen LogP contribution in [0, 0.1) is 0 Å². The number of hydrogen-bond donors (Lipinski definition) is 2. The Balaban J connectivity index is 2.02. The number of methoxy groups -OCH3 is 2. The van der Waals surface area contributed by atoms with E-state index in [9.17, 15) is 19.2 Å². The average molecular weight is 399 g/mol. The first kappa shape index (κ1) is 21.7. The lowest BCUT2D eigenvalue weighted by Gasteiger charge is -2.10. The Morgan fingerprint density at radius 3 is 2.34 bits per heavy atom. The second kappa shape index (κ2) is 10.7. The lowest BCUT2D eigenvalue weighted by molar-refractivity contribution is -0.114. The van der Waals surface area contributed by atoms with Crippen LogP contribution < -0.4 is 15.4 Å². The first-order valence-corrected chi connectivity index (χ1v) is 8.69. The van der Waals surface area contributed by atoms with Crippen LogP contribution >= 0.6 is 0 Å². The highest BCUT2D eigenvalue weighted by Crippen LogP contribution is 2.17. The molecule has 2 amide bonds. The van der Waals surface area contributed by atoms with Gasteiger partial charge in [0.05, 0.1) is 25.8 Å². The number of hydrogen-bond acceptors (Lipinski definition) is 7. The van der Waals surface area contributed by atoms with Gasteiger partial charge in [0.25, 0.3) is 11.8 Å². The Kier molecular flexibility index (Phi) is 7.99. The molecule has 0 saturated carbocycles. The fraction of sp³-hybridized carbons (Fsp3) is 0.250. The fourth-order valence-electron chi connectivity index (χ4n) is 2.34. The summed E-state index contributed by atoms with van der Waals surface area (Å²) < 4.78 is 9.98. The van der Waals surface area contributed by atoms with Crippen molar-refractivity contribution in [3.63, 3.8) is 0 Å². The highest BCUT2D eigenvalue weighted by molar-refractivity contribution is 6.44. The van der Waals surface area contributed by atoms with Crippen LogP contribution in [0.2, 0.25) is 0 Å². The molecule has 2 N–H and O–H groups in total. The summed E-state index contributed by atoms with van der Waals surface area (Å²) in [6, 6.07) is 9.40. The number of rotatable bonds is 10. The molecule has 9 heteroatoms. The van der Waals surface area contributed by atoms with E-state index in [-0.39, 0.29) is 22.6 Å². The van der Waals surface area contributed by atoms with E-state index < -0.39 is 29.9 Å². The maximum Gasteiger partial charge on any atom is 0.274 e. The minimum Gasteiger partial charge on any atom is -0.494 e. The second-order valence-electron chi connectivity index (χ2n) is 5.82. The molecule has 2 aromatic rings. The molecule has 152 valence electrons. The summed E-state index contributed by atoms with van der Waals surface area (Å²) in [5, 5.41) is 4.97. The summed E-state index contributed by atoms with van der Waals surface area (Å²) in [4.78, 5) is 52.4. The molecule has 0 atom stereocenters. The van der Waals surface area contributed by atoms with Crippen molar-refractivity contribution in [3.8, 4) is 5.75 Å². The Morgan fingerprint density at radius 1 is 0.966 bits per heavy atom. The molecule has 1 heterocycles.